The summed E-state index contributed by atoms with van der Waals surface area (Å²) in [5, 5.41) is 10.9. The van der Waals surface area contributed by atoms with Crippen LogP contribution in [0, 0.1) is 0 Å². The normalized spacial score (nSPS) is 21.3. The monoisotopic (exact) mass is 632 g/mol. The van der Waals surface area contributed by atoms with Crippen molar-refractivity contribution in [1.82, 2.24) is 34.7 Å². The molecule has 6 heterocycles. The molecule has 3 aliphatic rings. The molecule has 4 aromatic rings. The van der Waals surface area contributed by atoms with Crippen LogP contribution in [0.15, 0.2) is 52.9 Å². The molecule has 0 spiro atoms. The van der Waals surface area contributed by atoms with Crippen molar-refractivity contribution < 1.29 is 22.7 Å². The van der Waals surface area contributed by atoms with E-state index in [1.807, 2.05) is 40.3 Å². The average molecular weight is 633 g/mol. The zero-order valence-electron chi connectivity index (χ0n) is 24.9. The molecule has 1 amide bonds. The smallest absolute Gasteiger partial charge is 0.291 e. The molecule has 2 bridgehead atoms. The number of piperidine rings is 1. The Bertz CT molecular complexity index is 1960. The predicted octanol–water partition coefficient (Wildman–Crippen LogP) is 2.18. The van der Waals surface area contributed by atoms with Gasteiger partial charge in [0, 0.05) is 36.0 Å². The van der Waals surface area contributed by atoms with Crippen LogP contribution in [0.1, 0.15) is 53.5 Å². The number of amides is 1. The standard InChI is InChI=1S/C29H32N10O5S/c1-43-22-7-4-16(12-23(22)44-2)20-8-9-37(15-32-20)21-13-34-39-26(30)25(45(3,41)42)24(35-28(21)39)17-10-18-5-6-19(11-17)38(18)29(40)27-31-14-33-36-27/h4,7-9,12-14,17-19H,5-6,10-11,15,30H2,1-3H3,(H,31,33,36)/t17?,18-,19+. The molecule has 2 fully saturated rings. The van der Waals surface area contributed by atoms with E-state index < -0.39 is 9.84 Å². The number of ether oxygens (including phenoxy) is 2. The number of H-pyrrole nitrogens is 1. The van der Waals surface area contributed by atoms with Gasteiger partial charge in [-0.15, -0.1) is 0 Å². The summed E-state index contributed by atoms with van der Waals surface area (Å²) in [6.45, 7) is 0.276. The van der Waals surface area contributed by atoms with Gasteiger partial charge in [-0.3, -0.25) is 14.9 Å². The minimum Gasteiger partial charge on any atom is -0.493 e. The first-order valence-electron chi connectivity index (χ1n) is 14.4. The minimum absolute atomic E-state index is 0.00627. The lowest BCUT2D eigenvalue weighted by molar-refractivity contribution is 0.0556. The highest BCUT2D eigenvalue weighted by Gasteiger charge is 2.46. The van der Waals surface area contributed by atoms with E-state index in [1.54, 1.807) is 20.4 Å². The second kappa shape index (κ2) is 10.9. The quantitative estimate of drug-likeness (QED) is 0.304. The number of carbonyl (C=O) groups is 1. The summed E-state index contributed by atoms with van der Waals surface area (Å²) >= 11 is 0. The van der Waals surface area contributed by atoms with Gasteiger partial charge in [-0.25, -0.2) is 18.4 Å². The first-order valence-corrected chi connectivity index (χ1v) is 16.3. The molecule has 45 heavy (non-hydrogen) atoms. The number of rotatable bonds is 7. The number of nitrogen functional groups attached to an aromatic ring is 1. The fourth-order valence-electron chi connectivity index (χ4n) is 6.78. The third-order valence-electron chi connectivity index (χ3n) is 8.78. The number of hydrogen-bond acceptors (Lipinski definition) is 12. The summed E-state index contributed by atoms with van der Waals surface area (Å²) in [5.74, 6) is 1.00. The van der Waals surface area contributed by atoms with E-state index in [1.165, 1.54) is 10.8 Å². The fourth-order valence-corrected chi connectivity index (χ4v) is 7.84. The number of nitrogens with zero attached hydrogens (tertiary/aromatic N) is 8. The summed E-state index contributed by atoms with van der Waals surface area (Å²) in [7, 11) is -0.598. The molecule has 234 valence electrons. The van der Waals surface area contributed by atoms with Gasteiger partial charge in [-0.2, -0.15) is 14.7 Å². The second-order valence-electron chi connectivity index (χ2n) is 11.4. The molecule has 3 atom stereocenters. The Labute approximate surface area is 258 Å². The Morgan fingerprint density at radius 2 is 1.87 bits per heavy atom. The van der Waals surface area contributed by atoms with Gasteiger partial charge in [0.2, 0.25) is 5.82 Å². The maximum atomic E-state index is 13.2. The lowest BCUT2D eigenvalue weighted by Crippen LogP contribution is -2.46. The van der Waals surface area contributed by atoms with E-state index in [0.717, 1.165) is 30.4 Å². The fraction of sp³-hybridized carbons (Fsp3) is 0.379. The molecule has 0 radical (unpaired) electrons. The number of sulfone groups is 1. The number of methoxy groups -OCH3 is 2. The summed E-state index contributed by atoms with van der Waals surface area (Å²) in [6, 6.07) is 5.44. The molecule has 3 aromatic heterocycles. The lowest BCUT2D eigenvalue weighted by atomic mass is 9.87. The molecular formula is C29H32N10O5S. The number of nitrogens with one attached hydrogen (secondary N) is 1. The highest BCUT2D eigenvalue weighted by Crippen LogP contribution is 2.45. The number of carbonyl (C=O) groups excluding carboxylic acids is 1. The Morgan fingerprint density at radius 3 is 2.49 bits per heavy atom. The van der Waals surface area contributed by atoms with Crippen LogP contribution in [0.5, 0.6) is 11.5 Å². The van der Waals surface area contributed by atoms with Gasteiger partial charge in [0.1, 0.15) is 29.4 Å². The van der Waals surface area contributed by atoms with E-state index in [4.69, 9.17) is 25.2 Å². The molecule has 2 saturated heterocycles. The van der Waals surface area contributed by atoms with E-state index in [9.17, 15) is 13.2 Å². The molecule has 1 unspecified atom stereocenters. The molecule has 3 aliphatic heterocycles. The molecule has 1 aromatic carbocycles. The van der Waals surface area contributed by atoms with Crippen LogP contribution in [0.2, 0.25) is 0 Å². The zero-order chi connectivity index (χ0) is 31.5. The lowest BCUT2D eigenvalue weighted by Gasteiger charge is -2.38. The highest BCUT2D eigenvalue weighted by atomic mass is 32.2. The molecule has 0 aliphatic carbocycles. The molecule has 3 N–H and O–H groups in total. The Kier molecular flexibility index (Phi) is 6.95. The Morgan fingerprint density at radius 1 is 1.11 bits per heavy atom. The number of benzene rings is 1. The maximum Gasteiger partial charge on any atom is 0.291 e. The third kappa shape index (κ3) is 4.85. The van der Waals surface area contributed by atoms with Gasteiger partial charge in [0.15, 0.2) is 27.0 Å². The van der Waals surface area contributed by atoms with Crippen molar-refractivity contribution in [2.45, 2.75) is 48.6 Å². The number of allylic oxidation sites excluding steroid dienone is 1. The highest BCUT2D eigenvalue weighted by molar-refractivity contribution is 7.91. The Balaban J connectivity index is 1.21. The number of nitrogens with two attached hydrogens (primary N) is 1. The van der Waals surface area contributed by atoms with Crippen LogP contribution in [0.3, 0.4) is 0 Å². The van der Waals surface area contributed by atoms with Gasteiger partial charge < -0.3 is 25.0 Å². The van der Waals surface area contributed by atoms with Crippen molar-refractivity contribution in [3.8, 4) is 11.5 Å². The number of aliphatic imine (C=N–C) groups is 1. The number of aromatic nitrogens is 6. The topological polar surface area (TPSA) is 186 Å². The number of fused-ring (bicyclic) bond motifs is 3. The first kappa shape index (κ1) is 28.8. The summed E-state index contributed by atoms with van der Waals surface area (Å²) in [5.41, 5.74) is 9.64. The number of anilines is 2. The van der Waals surface area contributed by atoms with E-state index in [0.29, 0.717) is 41.4 Å². The van der Waals surface area contributed by atoms with Crippen molar-refractivity contribution in [3.05, 3.63) is 60.1 Å². The largest absolute Gasteiger partial charge is 0.493 e. The van der Waals surface area contributed by atoms with E-state index >= 15 is 0 Å². The average Bonchev–Trinajstić information content (AvgIpc) is 3.78. The first-order chi connectivity index (χ1) is 21.7. The van der Waals surface area contributed by atoms with Crippen LogP contribution in [-0.2, 0) is 9.84 Å². The van der Waals surface area contributed by atoms with Crippen molar-refractivity contribution in [3.63, 3.8) is 0 Å². The van der Waals surface area contributed by atoms with Gasteiger partial charge in [-0.05, 0) is 50.0 Å². The van der Waals surface area contributed by atoms with Crippen LogP contribution in [-0.4, -0.2) is 93.9 Å². The summed E-state index contributed by atoms with van der Waals surface area (Å²) in [6.07, 6.45) is 10.5. The van der Waals surface area contributed by atoms with E-state index in [2.05, 4.69) is 20.3 Å². The van der Waals surface area contributed by atoms with Crippen LogP contribution >= 0.6 is 0 Å². The van der Waals surface area contributed by atoms with Crippen molar-refractivity contribution in [2.75, 3.05) is 37.8 Å². The predicted molar refractivity (Wildman–Crippen MR) is 164 cm³/mol. The van der Waals surface area contributed by atoms with E-state index in [-0.39, 0.29) is 47.1 Å². The van der Waals surface area contributed by atoms with Gasteiger partial charge in [-0.1, -0.05) is 0 Å². The Hall–Kier alpha value is -4.99. The van der Waals surface area contributed by atoms with Crippen molar-refractivity contribution in [1.29, 1.82) is 0 Å². The molecular weight excluding hydrogens is 600 g/mol. The molecule has 7 rings (SSSR count). The summed E-state index contributed by atoms with van der Waals surface area (Å²) in [4.78, 5) is 30.7. The van der Waals surface area contributed by atoms with Gasteiger partial charge >= 0.3 is 0 Å². The van der Waals surface area contributed by atoms with Crippen molar-refractivity contribution in [2.24, 2.45) is 4.99 Å². The van der Waals surface area contributed by atoms with Crippen LogP contribution in [0.25, 0.3) is 5.65 Å². The number of hydrogen-bond donors (Lipinski definition) is 2. The summed E-state index contributed by atoms with van der Waals surface area (Å²) < 4.78 is 38.4. The zero-order valence-corrected chi connectivity index (χ0v) is 25.7. The van der Waals surface area contributed by atoms with Crippen molar-refractivity contribution >= 4 is 38.6 Å². The van der Waals surface area contributed by atoms with Gasteiger partial charge in [0.05, 0.1) is 31.8 Å². The minimum atomic E-state index is -3.77. The van der Waals surface area contributed by atoms with Crippen LogP contribution < -0.4 is 20.1 Å². The third-order valence-corrected chi connectivity index (χ3v) is 9.94. The SMILES string of the molecule is COc1ccc(C2=NCN(c3cnn4c(N)c(S(C)(=O)=O)c(C5C[C@H]6CC[C@@H](C5)N6C(=O)c5ncn[nH]5)nc34)C=C2)cc1OC. The molecule has 0 saturated carbocycles. The van der Waals surface area contributed by atoms with Gasteiger partial charge in [0.25, 0.3) is 5.91 Å². The van der Waals surface area contributed by atoms with Crippen LogP contribution in [0.4, 0.5) is 11.5 Å². The maximum absolute atomic E-state index is 13.2. The molecule has 15 nitrogen and oxygen atoms in total. The number of aromatic amines is 1. The second-order valence-corrected chi connectivity index (χ2v) is 13.3. The molecule has 16 heteroatoms.